The molecular weight excluding hydrogens is 540 g/mol. The van der Waals surface area contributed by atoms with Crippen LogP contribution in [0.3, 0.4) is 0 Å². The smallest absolute Gasteiger partial charge is 0.243 e. The summed E-state index contributed by atoms with van der Waals surface area (Å²) in [5.74, 6) is -0.00856. The molecule has 3 aromatic rings. The number of hydrogen-bond acceptors (Lipinski definition) is 4. The highest BCUT2D eigenvalue weighted by Crippen LogP contribution is 2.29. The van der Waals surface area contributed by atoms with Crippen molar-refractivity contribution in [2.75, 3.05) is 13.2 Å². The van der Waals surface area contributed by atoms with E-state index in [1.165, 1.54) is 18.2 Å². The minimum atomic E-state index is -4.03. The van der Waals surface area contributed by atoms with Gasteiger partial charge in [0.2, 0.25) is 15.9 Å². The molecule has 0 spiro atoms. The highest BCUT2D eigenvalue weighted by molar-refractivity contribution is 9.10. The van der Waals surface area contributed by atoms with Gasteiger partial charge < -0.3 is 10.1 Å². The summed E-state index contributed by atoms with van der Waals surface area (Å²) in [5, 5.41) is 3.08. The number of sulfonamides is 1. The van der Waals surface area contributed by atoms with Gasteiger partial charge in [-0.3, -0.25) is 4.79 Å². The van der Waals surface area contributed by atoms with Gasteiger partial charge in [-0.25, -0.2) is 8.42 Å². The van der Waals surface area contributed by atoms with Crippen LogP contribution in [0.2, 0.25) is 5.02 Å². The van der Waals surface area contributed by atoms with Gasteiger partial charge in [0.25, 0.3) is 0 Å². The minimum Gasteiger partial charge on any atom is -0.492 e. The Morgan fingerprint density at radius 1 is 1.09 bits per heavy atom. The number of amides is 1. The van der Waals surface area contributed by atoms with E-state index in [1.54, 1.807) is 0 Å². The molecule has 1 atom stereocenters. The number of rotatable bonds is 10. The Bertz CT molecular complexity index is 1220. The Kier molecular flexibility index (Phi) is 9.13. The molecule has 9 heteroatoms. The van der Waals surface area contributed by atoms with E-state index < -0.39 is 15.9 Å². The summed E-state index contributed by atoms with van der Waals surface area (Å²) in [5.41, 5.74) is 1.67. The summed E-state index contributed by atoms with van der Waals surface area (Å²) in [4.78, 5) is 12.9. The SMILES string of the molecule is CCOc1ccc(S(=O)(=O)N(CC(=O)N[C@H](C)c2ccc(Br)cc2)Cc2ccccc2)cc1Cl. The quantitative estimate of drug-likeness (QED) is 0.349. The monoisotopic (exact) mass is 564 g/mol. The van der Waals surface area contributed by atoms with Crippen LogP contribution in [0.4, 0.5) is 0 Å². The number of hydrogen-bond donors (Lipinski definition) is 1. The maximum Gasteiger partial charge on any atom is 0.243 e. The van der Waals surface area contributed by atoms with Crippen molar-refractivity contribution in [3.05, 3.63) is 93.4 Å². The van der Waals surface area contributed by atoms with Crippen molar-refractivity contribution < 1.29 is 17.9 Å². The molecule has 0 saturated carbocycles. The second-order valence-electron chi connectivity index (χ2n) is 7.62. The summed E-state index contributed by atoms with van der Waals surface area (Å²) in [6, 6.07) is 20.7. The van der Waals surface area contributed by atoms with E-state index in [2.05, 4.69) is 21.2 Å². The zero-order chi connectivity index (χ0) is 24.7. The highest BCUT2D eigenvalue weighted by atomic mass is 79.9. The second kappa shape index (κ2) is 11.8. The van der Waals surface area contributed by atoms with Crippen LogP contribution in [0.25, 0.3) is 0 Å². The summed E-state index contributed by atoms with van der Waals surface area (Å²) >= 11 is 9.64. The van der Waals surface area contributed by atoms with Crippen LogP contribution in [0.5, 0.6) is 5.75 Å². The molecule has 0 radical (unpaired) electrons. The molecular formula is C25H26BrClN2O4S. The van der Waals surface area contributed by atoms with E-state index in [1.807, 2.05) is 68.4 Å². The molecule has 1 N–H and O–H groups in total. The van der Waals surface area contributed by atoms with Gasteiger partial charge in [-0.2, -0.15) is 4.31 Å². The van der Waals surface area contributed by atoms with Crippen molar-refractivity contribution in [3.8, 4) is 5.75 Å². The predicted octanol–water partition coefficient (Wildman–Crippen LogP) is 5.57. The molecule has 0 bridgehead atoms. The van der Waals surface area contributed by atoms with Crippen molar-refractivity contribution in [1.29, 1.82) is 0 Å². The topological polar surface area (TPSA) is 75.7 Å². The van der Waals surface area contributed by atoms with E-state index in [4.69, 9.17) is 16.3 Å². The van der Waals surface area contributed by atoms with Crippen molar-refractivity contribution >= 4 is 43.5 Å². The average Bonchev–Trinajstić information content (AvgIpc) is 2.81. The number of halogens is 2. The Labute approximate surface area is 214 Å². The van der Waals surface area contributed by atoms with Gasteiger partial charge in [-0.15, -0.1) is 0 Å². The number of carbonyl (C=O) groups is 1. The van der Waals surface area contributed by atoms with Gasteiger partial charge in [0.15, 0.2) is 0 Å². The van der Waals surface area contributed by atoms with Gasteiger partial charge in [-0.1, -0.05) is 70.0 Å². The average molecular weight is 566 g/mol. The fourth-order valence-electron chi connectivity index (χ4n) is 3.36. The largest absolute Gasteiger partial charge is 0.492 e. The fraction of sp³-hybridized carbons (Fsp3) is 0.240. The third kappa shape index (κ3) is 6.82. The van der Waals surface area contributed by atoms with Crippen LogP contribution in [-0.4, -0.2) is 31.8 Å². The van der Waals surface area contributed by atoms with Gasteiger partial charge in [-0.05, 0) is 55.3 Å². The number of ether oxygens (including phenoxy) is 1. The first kappa shape index (κ1) is 26.2. The maximum absolute atomic E-state index is 13.5. The van der Waals surface area contributed by atoms with Crippen LogP contribution in [-0.2, 0) is 21.4 Å². The normalized spacial score (nSPS) is 12.4. The Hall–Kier alpha value is -2.39. The van der Waals surface area contributed by atoms with Crippen molar-refractivity contribution in [2.45, 2.75) is 31.3 Å². The molecule has 0 saturated heterocycles. The van der Waals surface area contributed by atoms with Crippen LogP contribution in [0.1, 0.15) is 31.0 Å². The molecule has 1 amide bonds. The first-order valence-electron chi connectivity index (χ1n) is 10.7. The predicted molar refractivity (Wildman–Crippen MR) is 137 cm³/mol. The summed E-state index contributed by atoms with van der Waals surface area (Å²) < 4.78 is 34.6. The van der Waals surface area contributed by atoms with Crippen LogP contribution in [0, 0.1) is 0 Å². The van der Waals surface area contributed by atoms with E-state index in [9.17, 15) is 13.2 Å². The summed E-state index contributed by atoms with van der Waals surface area (Å²) in [7, 11) is -4.03. The highest BCUT2D eigenvalue weighted by Gasteiger charge is 2.28. The van der Waals surface area contributed by atoms with Gasteiger partial charge in [0, 0.05) is 11.0 Å². The van der Waals surface area contributed by atoms with E-state index in [0.29, 0.717) is 12.4 Å². The van der Waals surface area contributed by atoms with E-state index in [-0.39, 0.29) is 29.0 Å². The number of carbonyl (C=O) groups excluding carboxylic acids is 1. The van der Waals surface area contributed by atoms with E-state index >= 15 is 0 Å². The molecule has 0 fully saturated rings. The number of nitrogens with one attached hydrogen (secondary N) is 1. The Morgan fingerprint density at radius 2 is 1.76 bits per heavy atom. The zero-order valence-corrected chi connectivity index (χ0v) is 22.0. The van der Waals surface area contributed by atoms with Crippen molar-refractivity contribution in [3.63, 3.8) is 0 Å². The second-order valence-corrected chi connectivity index (χ2v) is 10.9. The van der Waals surface area contributed by atoms with Crippen LogP contribution >= 0.6 is 27.5 Å². The van der Waals surface area contributed by atoms with Crippen molar-refractivity contribution in [2.24, 2.45) is 0 Å². The summed E-state index contributed by atoms with van der Waals surface area (Å²) in [6.45, 7) is 3.76. The third-order valence-corrected chi connectivity index (χ3v) is 7.72. The lowest BCUT2D eigenvalue weighted by molar-refractivity contribution is -0.122. The lowest BCUT2D eigenvalue weighted by Crippen LogP contribution is -2.41. The molecule has 0 aliphatic carbocycles. The zero-order valence-electron chi connectivity index (χ0n) is 18.9. The molecule has 0 heterocycles. The van der Waals surface area contributed by atoms with Crippen molar-refractivity contribution in [1.82, 2.24) is 9.62 Å². The third-order valence-electron chi connectivity index (χ3n) is 5.11. The van der Waals surface area contributed by atoms with E-state index in [0.717, 1.165) is 19.9 Å². The minimum absolute atomic E-state index is 0.00866. The molecule has 3 rings (SSSR count). The molecule has 6 nitrogen and oxygen atoms in total. The molecule has 0 aromatic heterocycles. The fourth-order valence-corrected chi connectivity index (χ4v) is 5.33. The lowest BCUT2D eigenvalue weighted by atomic mass is 10.1. The molecule has 3 aromatic carbocycles. The lowest BCUT2D eigenvalue weighted by Gasteiger charge is -2.23. The van der Waals surface area contributed by atoms with Gasteiger partial charge in [0.1, 0.15) is 5.75 Å². The number of nitrogens with zero attached hydrogens (tertiary/aromatic N) is 1. The molecule has 0 aliphatic heterocycles. The van der Waals surface area contributed by atoms with Gasteiger partial charge >= 0.3 is 0 Å². The number of benzene rings is 3. The first-order valence-corrected chi connectivity index (χ1v) is 13.3. The maximum atomic E-state index is 13.5. The summed E-state index contributed by atoms with van der Waals surface area (Å²) in [6.07, 6.45) is 0. The Balaban J connectivity index is 1.85. The van der Waals surface area contributed by atoms with Gasteiger partial charge in [0.05, 0.1) is 29.1 Å². The standard InChI is InChI=1S/C25H26BrClN2O4S/c1-3-33-24-14-13-22(15-23(24)27)34(31,32)29(16-19-7-5-4-6-8-19)17-25(30)28-18(2)20-9-11-21(26)12-10-20/h4-15,18H,3,16-17H2,1-2H3,(H,28,30)/t18-/m1/s1. The molecule has 34 heavy (non-hydrogen) atoms. The molecule has 0 aliphatic rings. The molecule has 0 unspecified atom stereocenters. The molecule has 180 valence electrons. The van der Waals surface area contributed by atoms with Crippen LogP contribution < -0.4 is 10.1 Å². The van der Waals surface area contributed by atoms with Crippen LogP contribution in [0.15, 0.2) is 82.2 Å². The first-order chi connectivity index (χ1) is 16.2. The Morgan fingerprint density at radius 3 is 2.38 bits per heavy atom.